The molecule has 2 heterocycles. The Morgan fingerprint density at radius 3 is 2.77 bits per heavy atom. The molecule has 2 aromatic heterocycles. The van der Waals surface area contributed by atoms with Gasteiger partial charge in [-0.2, -0.15) is 4.98 Å². The molecule has 0 radical (unpaired) electrons. The number of nitrogens with one attached hydrogen (secondary N) is 2. The number of nitrogens with zero attached hydrogens (tertiary/aromatic N) is 3. The van der Waals surface area contributed by atoms with E-state index in [9.17, 15) is 5.11 Å². The van der Waals surface area contributed by atoms with Crippen molar-refractivity contribution in [3.8, 4) is 11.3 Å². The van der Waals surface area contributed by atoms with Gasteiger partial charge in [0.25, 0.3) is 0 Å². The summed E-state index contributed by atoms with van der Waals surface area (Å²) in [5.74, 6) is 1.11. The van der Waals surface area contributed by atoms with Crippen molar-refractivity contribution in [1.29, 1.82) is 0 Å². The van der Waals surface area contributed by atoms with Crippen LogP contribution in [-0.4, -0.2) is 32.7 Å². The van der Waals surface area contributed by atoms with E-state index in [1.165, 1.54) is 0 Å². The standard InChI is InChI=1S/C19H20BrN5O/c1-12(11-26)22-19-24-17(14-5-4-8-21-10-14)9-18(25-19)23-16-7-3-6-15(20)13(16)2/h3-10,12,26H,11H2,1-2H3,(H2,22,23,24,25)/t12-/m0/s1. The molecule has 1 atom stereocenters. The van der Waals surface area contributed by atoms with Gasteiger partial charge in [0.1, 0.15) is 5.82 Å². The van der Waals surface area contributed by atoms with Crippen molar-refractivity contribution in [3.63, 3.8) is 0 Å². The Morgan fingerprint density at radius 1 is 1.19 bits per heavy atom. The van der Waals surface area contributed by atoms with Gasteiger partial charge < -0.3 is 15.7 Å². The molecule has 26 heavy (non-hydrogen) atoms. The maximum absolute atomic E-state index is 9.30. The second-order valence-corrected chi connectivity index (χ2v) is 6.82. The first-order valence-corrected chi connectivity index (χ1v) is 9.05. The normalized spacial score (nSPS) is 11.8. The van der Waals surface area contributed by atoms with Gasteiger partial charge in [-0.3, -0.25) is 4.98 Å². The third-order valence-corrected chi connectivity index (χ3v) is 4.72. The molecule has 7 heteroatoms. The molecule has 0 amide bonds. The summed E-state index contributed by atoms with van der Waals surface area (Å²) in [6.45, 7) is 3.89. The van der Waals surface area contributed by atoms with E-state index in [0.29, 0.717) is 11.8 Å². The molecule has 1 aromatic carbocycles. The van der Waals surface area contributed by atoms with Crippen LogP contribution in [0, 0.1) is 6.92 Å². The molecule has 0 spiro atoms. The van der Waals surface area contributed by atoms with E-state index >= 15 is 0 Å². The monoisotopic (exact) mass is 413 g/mol. The van der Waals surface area contributed by atoms with Crippen molar-refractivity contribution < 1.29 is 5.11 Å². The van der Waals surface area contributed by atoms with Crippen molar-refractivity contribution >= 4 is 33.4 Å². The molecule has 0 bridgehead atoms. The number of aliphatic hydroxyl groups excluding tert-OH is 1. The average Bonchev–Trinajstić information content (AvgIpc) is 2.66. The Bertz CT molecular complexity index is 888. The topological polar surface area (TPSA) is 83.0 Å². The highest BCUT2D eigenvalue weighted by molar-refractivity contribution is 9.10. The van der Waals surface area contributed by atoms with Crippen molar-refractivity contribution in [1.82, 2.24) is 15.0 Å². The minimum Gasteiger partial charge on any atom is -0.394 e. The smallest absolute Gasteiger partial charge is 0.225 e. The van der Waals surface area contributed by atoms with Crippen LogP contribution in [0.1, 0.15) is 12.5 Å². The highest BCUT2D eigenvalue weighted by Crippen LogP contribution is 2.28. The van der Waals surface area contributed by atoms with Crippen LogP contribution in [0.25, 0.3) is 11.3 Å². The molecule has 0 aliphatic rings. The molecule has 0 saturated heterocycles. The minimum atomic E-state index is -0.153. The van der Waals surface area contributed by atoms with Crippen LogP contribution in [0.2, 0.25) is 0 Å². The van der Waals surface area contributed by atoms with Gasteiger partial charge in [-0.25, -0.2) is 4.98 Å². The molecular formula is C19H20BrN5O. The van der Waals surface area contributed by atoms with Gasteiger partial charge in [0.05, 0.1) is 12.3 Å². The molecule has 3 aromatic rings. The fourth-order valence-corrected chi connectivity index (χ4v) is 2.75. The molecule has 0 aliphatic heterocycles. The molecule has 3 rings (SSSR count). The summed E-state index contributed by atoms with van der Waals surface area (Å²) in [4.78, 5) is 13.2. The van der Waals surface area contributed by atoms with E-state index in [0.717, 1.165) is 27.0 Å². The van der Waals surface area contributed by atoms with Crippen LogP contribution in [0.3, 0.4) is 0 Å². The number of anilines is 3. The van der Waals surface area contributed by atoms with E-state index < -0.39 is 0 Å². The molecule has 0 fully saturated rings. The summed E-state index contributed by atoms with van der Waals surface area (Å²) in [7, 11) is 0. The highest BCUT2D eigenvalue weighted by atomic mass is 79.9. The molecular weight excluding hydrogens is 394 g/mol. The minimum absolute atomic E-state index is 0.00597. The molecule has 3 N–H and O–H groups in total. The first-order valence-electron chi connectivity index (χ1n) is 8.26. The lowest BCUT2D eigenvalue weighted by Gasteiger charge is -2.15. The zero-order valence-corrected chi connectivity index (χ0v) is 16.2. The summed E-state index contributed by atoms with van der Waals surface area (Å²) < 4.78 is 1.02. The molecule has 0 unspecified atom stereocenters. The SMILES string of the molecule is Cc1c(Br)cccc1Nc1cc(-c2cccnc2)nc(N[C@@H](C)CO)n1. The van der Waals surface area contributed by atoms with Gasteiger partial charge in [-0.15, -0.1) is 0 Å². The summed E-state index contributed by atoms with van der Waals surface area (Å²) in [5, 5.41) is 15.8. The summed E-state index contributed by atoms with van der Waals surface area (Å²) >= 11 is 3.55. The zero-order valence-electron chi connectivity index (χ0n) is 14.6. The molecule has 0 aliphatic carbocycles. The third-order valence-electron chi connectivity index (χ3n) is 3.86. The van der Waals surface area contributed by atoms with Gasteiger partial charge >= 0.3 is 0 Å². The van der Waals surface area contributed by atoms with Gasteiger partial charge in [-0.05, 0) is 43.7 Å². The van der Waals surface area contributed by atoms with Gasteiger partial charge in [0, 0.05) is 40.2 Å². The maximum Gasteiger partial charge on any atom is 0.225 e. The van der Waals surface area contributed by atoms with E-state index in [1.54, 1.807) is 12.4 Å². The van der Waals surface area contributed by atoms with E-state index in [-0.39, 0.29) is 12.6 Å². The lowest BCUT2D eigenvalue weighted by atomic mass is 10.2. The van der Waals surface area contributed by atoms with Crippen LogP contribution in [0.5, 0.6) is 0 Å². The quantitative estimate of drug-likeness (QED) is 0.562. The van der Waals surface area contributed by atoms with Crippen molar-refractivity contribution in [2.24, 2.45) is 0 Å². The van der Waals surface area contributed by atoms with Gasteiger partial charge in [0.2, 0.25) is 5.95 Å². The maximum atomic E-state index is 9.30. The number of benzene rings is 1. The van der Waals surface area contributed by atoms with Crippen molar-refractivity contribution in [2.75, 3.05) is 17.2 Å². The Balaban J connectivity index is 2.00. The summed E-state index contributed by atoms with van der Waals surface area (Å²) in [6.07, 6.45) is 3.48. The predicted molar refractivity (Wildman–Crippen MR) is 108 cm³/mol. The molecule has 0 saturated carbocycles. The average molecular weight is 414 g/mol. The van der Waals surface area contributed by atoms with E-state index in [1.807, 2.05) is 50.2 Å². The first-order chi connectivity index (χ1) is 12.6. The van der Waals surface area contributed by atoms with Gasteiger partial charge in [-0.1, -0.05) is 22.0 Å². The van der Waals surface area contributed by atoms with E-state index in [4.69, 9.17) is 0 Å². The lowest BCUT2D eigenvalue weighted by Crippen LogP contribution is -2.21. The fourth-order valence-electron chi connectivity index (χ4n) is 2.38. The van der Waals surface area contributed by atoms with Crippen LogP contribution < -0.4 is 10.6 Å². The predicted octanol–water partition coefficient (Wildman–Crippen LogP) is 4.15. The number of hydrogen-bond acceptors (Lipinski definition) is 6. The molecule has 6 nitrogen and oxygen atoms in total. The third kappa shape index (κ3) is 4.36. The Kier molecular flexibility index (Phi) is 5.80. The largest absolute Gasteiger partial charge is 0.394 e. The Hall–Kier alpha value is -2.51. The summed E-state index contributed by atoms with van der Waals surface area (Å²) in [6, 6.07) is 11.5. The van der Waals surface area contributed by atoms with E-state index in [2.05, 4.69) is 41.5 Å². The second-order valence-electron chi connectivity index (χ2n) is 5.97. The van der Waals surface area contributed by atoms with Crippen LogP contribution in [-0.2, 0) is 0 Å². The Labute approximate surface area is 160 Å². The number of pyridine rings is 1. The highest BCUT2D eigenvalue weighted by Gasteiger charge is 2.11. The fraction of sp³-hybridized carbons (Fsp3) is 0.211. The number of halogens is 1. The zero-order chi connectivity index (χ0) is 18.5. The molecule has 134 valence electrons. The number of rotatable bonds is 6. The number of aliphatic hydroxyl groups is 1. The van der Waals surface area contributed by atoms with Crippen molar-refractivity contribution in [3.05, 3.63) is 58.8 Å². The number of aromatic nitrogens is 3. The van der Waals surface area contributed by atoms with Crippen LogP contribution in [0.4, 0.5) is 17.5 Å². The summed E-state index contributed by atoms with van der Waals surface area (Å²) in [5.41, 5.74) is 3.68. The van der Waals surface area contributed by atoms with Crippen molar-refractivity contribution in [2.45, 2.75) is 19.9 Å². The second kappa shape index (κ2) is 8.25. The van der Waals surface area contributed by atoms with Crippen LogP contribution in [0.15, 0.2) is 53.3 Å². The first kappa shape index (κ1) is 18.3. The lowest BCUT2D eigenvalue weighted by molar-refractivity contribution is 0.281. The Morgan fingerprint density at radius 2 is 2.04 bits per heavy atom. The van der Waals surface area contributed by atoms with Gasteiger partial charge in [0.15, 0.2) is 0 Å². The van der Waals surface area contributed by atoms with Crippen LogP contribution >= 0.6 is 15.9 Å². The number of hydrogen-bond donors (Lipinski definition) is 3.